The van der Waals surface area contributed by atoms with Crippen LogP contribution in [0.5, 0.6) is 0 Å². The van der Waals surface area contributed by atoms with Gasteiger partial charge >= 0.3 is 0 Å². The van der Waals surface area contributed by atoms with E-state index in [-0.39, 0.29) is 11.8 Å². The molecule has 0 aromatic heterocycles. The second kappa shape index (κ2) is 7.79. The van der Waals surface area contributed by atoms with Crippen LogP contribution in [0, 0.1) is 3.57 Å². The van der Waals surface area contributed by atoms with E-state index < -0.39 is 6.04 Å². The van der Waals surface area contributed by atoms with Crippen LogP contribution in [-0.4, -0.2) is 23.3 Å². The second-order valence-corrected chi connectivity index (χ2v) is 7.10. The zero-order chi connectivity index (χ0) is 16.9. The Morgan fingerprint density at radius 3 is 2.42 bits per heavy atom. The third-order valence-electron chi connectivity index (χ3n) is 4.15. The highest BCUT2D eigenvalue weighted by Crippen LogP contribution is 2.27. The topological polar surface area (TPSA) is 49.4 Å². The second-order valence-electron chi connectivity index (χ2n) is 5.85. The molecule has 1 fully saturated rings. The average Bonchev–Trinajstić information content (AvgIpc) is 2.60. The van der Waals surface area contributed by atoms with Crippen LogP contribution in [0.3, 0.4) is 0 Å². The Kier molecular flexibility index (Phi) is 5.50. The van der Waals surface area contributed by atoms with E-state index in [1.54, 1.807) is 4.90 Å². The summed E-state index contributed by atoms with van der Waals surface area (Å²) < 4.78 is 1.11. The van der Waals surface area contributed by atoms with E-state index in [2.05, 4.69) is 27.9 Å². The quantitative estimate of drug-likeness (QED) is 0.741. The van der Waals surface area contributed by atoms with E-state index in [1.807, 2.05) is 54.6 Å². The predicted molar refractivity (Wildman–Crippen MR) is 103 cm³/mol. The lowest BCUT2D eigenvalue weighted by atomic mass is 10.0. The van der Waals surface area contributed by atoms with E-state index in [9.17, 15) is 9.59 Å². The number of rotatable bonds is 4. The summed E-state index contributed by atoms with van der Waals surface area (Å²) in [5, 5.41) is 2.95. The van der Waals surface area contributed by atoms with Crippen LogP contribution in [0.2, 0.25) is 0 Å². The molecule has 1 saturated heterocycles. The number of likely N-dealkylation sites (tertiary alicyclic amines) is 1. The molecule has 2 aromatic carbocycles. The fourth-order valence-electron chi connectivity index (χ4n) is 2.95. The highest BCUT2D eigenvalue weighted by atomic mass is 127. The highest BCUT2D eigenvalue weighted by Gasteiger charge is 2.32. The monoisotopic (exact) mass is 434 g/mol. The molecular formula is C19H19IN2O2. The van der Waals surface area contributed by atoms with Gasteiger partial charge in [0.15, 0.2) is 0 Å². The number of carbonyl (C=O) groups is 2. The zero-order valence-corrected chi connectivity index (χ0v) is 15.4. The molecule has 24 heavy (non-hydrogen) atoms. The number of piperidine rings is 1. The Balaban J connectivity index is 1.87. The highest BCUT2D eigenvalue weighted by molar-refractivity contribution is 14.1. The lowest BCUT2D eigenvalue weighted by Crippen LogP contribution is -2.43. The summed E-state index contributed by atoms with van der Waals surface area (Å²) in [5.74, 6) is -0.120. The Morgan fingerprint density at radius 2 is 1.75 bits per heavy atom. The van der Waals surface area contributed by atoms with Crippen LogP contribution in [0.4, 0.5) is 5.69 Å². The van der Waals surface area contributed by atoms with Crippen molar-refractivity contribution in [3.05, 3.63) is 63.7 Å². The summed E-state index contributed by atoms with van der Waals surface area (Å²) in [6.45, 7) is 0.624. The Hall–Kier alpha value is -1.89. The first kappa shape index (κ1) is 17.0. The Morgan fingerprint density at radius 1 is 1.04 bits per heavy atom. The van der Waals surface area contributed by atoms with E-state index in [0.717, 1.165) is 27.7 Å². The summed E-state index contributed by atoms with van der Waals surface area (Å²) in [5.41, 5.74) is 1.58. The van der Waals surface area contributed by atoms with Crippen LogP contribution >= 0.6 is 22.6 Å². The van der Waals surface area contributed by atoms with Gasteiger partial charge in [-0.2, -0.15) is 0 Å². The minimum Gasteiger partial charge on any atom is -0.327 e. The van der Waals surface area contributed by atoms with Crippen molar-refractivity contribution in [1.29, 1.82) is 0 Å². The van der Waals surface area contributed by atoms with E-state index in [4.69, 9.17) is 0 Å². The number of anilines is 1. The molecule has 0 spiro atoms. The minimum absolute atomic E-state index is 0.0489. The molecule has 1 N–H and O–H groups in total. The first-order valence-corrected chi connectivity index (χ1v) is 9.14. The molecule has 1 aliphatic rings. The largest absolute Gasteiger partial charge is 0.327 e. The van der Waals surface area contributed by atoms with Crippen molar-refractivity contribution in [2.75, 3.05) is 11.9 Å². The molecule has 0 radical (unpaired) electrons. The van der Waals surface area contributed by atoms with Gasteiger partial charge in [-0.3, -0.25) is 9.59 Å². The van der Waals surface area contributed by atoms with E-state index >= 15 is 0 Å². The molecular weight excluding hydrogens is 415 g/mol. The van der Waals surface area contributed by atoms with Crippen molar-refractivity contribution in [2.24, 2.45) is 0 Å². The normalized spacial score (nSPS) is 15.9. The fraction of sp³-hybridized carbons (Fsp3) is 0.263. The smallest absolute Gasteiger partial charge is 0.251 e. The molecule has 124 valence electrons. The fourth-order valence-corrected chi connectivity index (χ4v) is 3.31. The molecule has 2 amide bonds. The molecule has 2 aromatic rings. The van der Waals surface area contributed by atoms with Crippen molar-refractivity contribution in [2.45, 2.75) is 25.3 Å². The van der Waals surface area contributed by atoms with Gasteiger partial charge in [0, 0.05) is 22.2 Å². The van der Waals surface area contributed by atoms with Crippen LogP contribution in [0.25, 0.3) is 0 Å². The summed E-state index contributed by atoms with van der Waals surface area (Å²) >= 11 is 2.23. The average molecular weight is 434 g/mol. The SMILES string of the molecule is O=C(Nc1ccc(I)cc1)C(c1ccccc1)N1CCCCC1=O. The number of nitrogens with zero attached hydrogens (tertiary/aromatic N) is 1. The minimum atomic E-state index is -0.585. The molecule has 5 heteroatoms. The summed E-state index contributed by atoms with van der Waals surface area (Å²) in [4.78, 5) is 27.0. The summed E-state index contributed by atoms with van der Waals surface area (Å²) in [7, 11) is 0. The van der Waals surface area contributed by atoms with Gasteiger partial charge in [-0.05, 0) is 65.3 Å². The Labute approximate surface area is 155 Å². The van der Waals surface area contributed by atoms with Crippen LogP contribution in [0.1, 0.15) is 30.9 Å². The van der Waals surface area contributed by atoms with Crippen molar-refractivity contribution >= 4 is 40.1 Å². The molecule has 1 unspecified atom stereocenters. The number of carbonyl (C=O) groups excluding carboxylic acids is 2. The number of benzene rings is 2. The summed E-state index contributed by atoms with van der Waals surface area (Å²) in [6.07, 6.45) is 2.35. The van der Waals surface area contributed by atoms with Crippen LogP contribution < -0.4 is 5.32 Å². The first-order valence-electron chi connectivity index (χ1n) is 8.06. The molecule has 0 bridgehead atoms. The van der Waals surface area contributed by atoms with Crippen molar-refractivity contribution in [1.82, 2.24) is 4.90 Å². The number of nitrogens with one attached hydrogen (secondary N) is 1. The predicted octanol–water partition coefficient (Wildman–Crippen LogP) is 3.98. The lowest BCUT2D eigenvalue weighted by Gasteiger charge is -2.34. The third kappa shape index (κ3) is 3.95. The van der Waals surface area contributed by atoms with Gasteiger partial charge in [-0.15, -0.1) is 0 Å². The molecule has 1 heterocycles. The van der Waals surface area contributed by atoms with E-state index in [1.165, 1.54) is 0 Å². The number of hydrogen-bond donors (Lipinski definition) is 1. The van der Waals surface area contributed by atoms with Crippen LogP contribution in [0.15, 0.2) is 54.6 Å². The first-order chi connectivity index (χ1) is 11.6. The van der Waals surface area contributed by atoms with Gasteiger partial charge in [0.05, 0.1) is 0 Å². The molecule has 1 atom stereocenters. The summed E-state index contributed by atoms with van der Waals surface area (Å²) in [6, 6.07) is 16.6. The van der Waals surface area contributed by atoms with Gasteiger partial charge in [-0.1, -0.05) is 30.3 Å². The van der Waals surface area contributed by atoms with Crippen molar-refractivity contribution in [3.63, 3.8) is 0 Å². The number of hydrogen-bond acceptors (Lipinski definition) is 2. The zero-order valence-electron chi connectivity index (χ0n) is 13.2. The van der Waals surface area contributed by atoms with Gasteiger partial charge in [0.2, 0.25) is 5.91 Å². The molecule has 3 rings (SSSR count). The maximum absolute atomic E-state index is 12.9. The van der Waals surface area contributed by atoms with Gasteiger partial charge in [-0.25, -0.2) is 0 Å². The maximum Gasteiger partial charge on any atom is 0.251 e. The molecule has 0 aliphatic carbocycles. The van der Waals surface area contributed by atoms with Crippen molar-refractivity contribution < 1.29 is 9.59 Å². The van der Waals surface area contributed by atoms with Crippen molar-refractivity contribution in [3.8, 4) is 0 Å². The Bertz CT molecular complexity index is 716. The number of amides is 2. The molecule has 4 nitrogen and oxygen atoms in total. The third-order valence-corrected chi connectivity index (χ3v) is 4.87. The number of halogens is 1. The molecule has 0 saturated carbocycles. The standard InChI is InChI=1S/C19H19IN2O2/c20-15-9-11-16(12-10-15)21-19(24)18(14-6-2-1-3-7-14)22-13-5-4-8-17(22)23/h1-3,6-7,9-12,18H,4-5,8,13H2,(H,21,24). The van der Waals surface area contributed by atoms with Gasteiger partial charge < -0.3 is 10.2 Å². The van der Waals surface area contributed by atoms with Crippen LogP contribution in [-0.2, 0) is 9.59 Å². The maximum atomic E-state index is 12.9. The lowest BCUT2D eigenvalue weighted by molar-refractivity contribution is -0.141. The van der Waals surface area contributed by atoms with Gasteiger partial charge in [0.1, 0.15) is 6.04 Å². The van der Waals surface area contributed by atoms with Gasteiger partial charge in [0.25, 0.3) is 5.91 Å². The van der Waals surface area contributed by atoms with E-state index in [0.29, 0.717) is 13.0 Å². The molecule has 1 aliphatic heterocycles.